The Morgan fingerprint density at radius 2 is 2.00 bits per heavy atom. The largest absolute Gasteiger partial charge is 0.329 e. The normalized spacial score (nSPS) is 28.7. The summed E-state index contributed by atoms with van der Waals surface area (Å²) in [5.74, 6) is 0.0211. The van der Waals surface area contributed by atoms with E-state index in [1.54, 1.807) is 0 Å². The fourth-order valence-electron chi connectivity index (χ4n) is 2.68. The lowest BCUT2D eigenvalue weighted by Gasteiger charge is -2.34. The van der Waals surface area contributed by atoms with Crippen LogP contribution < -0.4 is 5.73 Å². The minimum atomic E-state index is -3.03. The van der Waals surface area contributed by atoms with Crippen LogP contribution in [0.15, 0.2) is 0 Å². The van der Waals surface area contributed by atoms with Gasteiger partial charge in [0.1, 0.15) is 15.6 Å². The van der Waals surface area contributed by atoms with Crippen molar-refractivity contribution in [3.63, 3.8) is 0 Å². The Morgan fingerprint density at radius 1 is 1.39 bits per heavy atom. The lowest BCUT2D eigenvalue weighted by Crippen LogP contribution is -2.42. The monoisotopic (exact) mass is 275 g/mol. The summed E-state index contributed by atoms with van der Waals surface area (Å²) in [6.07, 6.45) is 4.77. The highest BCUT2D eigenvalue weighted by atomic mass is 32.2. The Kier molecular flexibility index (Phi) is 4.95. The number of Topliss-reactive ketones (excluding diaryl/α,β-unsaturated/α-hetero) is 1. The lowest BCUT2D eigenvalue weighted by atomic mass is 9.73. The maximum absolute atomic E-state index is 12.5. The van der Waals surface area contributed by atoms with Crippen molar-refractivity contribution in [2.45, 2.75) is 51.2 Å². The molecule has 0 aliphatic heterocycles. The molecule has 1 fully saturated rings. The fraction of sp³-hybridized carbons (Fsp3) is 0.923. The first kappa shape index (κ1) is 15.6. The predicted molar refractivity (Wildman–Crippen MR) is 73.0 cm³/mol. The third-order valence-corrected chi connectivity index (χ3v) is 6.07. The Labute approximate surface area is 110 Å². The average Bonchev–Trinajstić information content (AvgIpc) is 2.36. The van der Waals surface area contributed by atoms with Gasteiger partial charge in [-0.15, -0.1) is 0 Å². The van der Waals surface area contributed by atoms with Crippen LogP contribution in [0.5, 0.6) is 0 Å². The minimum Gasteiger partial charge on any atom is -0.329 e. The van der Waals surface area contributed by atoms with E-state index in [0.29, 0.717) is 25.8 Å². The molecule has 5 heteroatoms. The quantitative estimate of drug-likeness (QED) is 0.825. The predicted octanol–water partition coefficient (Wildman–Crippen LogP) is 1.53. The number of rotatable bonds is 5. The van der Waals surface area contributed by atoms with Gasteiger partial charge in [0.25, 0.3) is 0 Å². The van der Waals surface area contributed by atoms with Gasteiger partial charge in [-0.2, -0.15) is 0 Å². The summed E-state index contributed by atoms with van der Waals surface area (Å²) in [5.41, 5.74) is 5.21. The molecule has 2 N–H and O–H groups in total. The second kappa shape index (κ2) is 5.70. The van der Waals surface area contributed by atoms with Crippen molar-refractivity contribution >= 4 is 15.6 Å². The van der Waals surface area contributed by atoms with Gasteiger partial charge in [-0.05, 0) is 25.7 Å². The first-order valence-corrected chi connectivity index (χ1v) is 8.63. The van der Waals surface area contributed by atoms with Crippen molar-refractivity contribution in [2.24, 2.45) is 17.1 Å². The summed E-state index contributed by atoms with van der Waals surface area (Å²) in [4.78, 5) is 12.5. The van der Waals surface area contributed by atoms with E-state index in [4.69, 9.17) is 5.73 Å². The molecule has 0 aromatic heterocycles. The average molecular weight is 275 g/mol. The van der Waals surface area contributed by atoms with Gasteiger partial charge in [-0.3, -0.25) is 4.79 Å². The molecule has 1 aliphatic rings. The summed E-state index contributed by atoms with van der Waals surface area (Å²) in [6.45, 7) is 4.18. The minimum absolute atomic E-state index is 0.132. The zero-order chi connectivity index (χ0) is 14.0. The van der Waals surface area contributed by atoms with Crippen molar-refractivity contribution in [2.75, 3.05) is 12.8 Å². The maximum Gasteiger partial charge on any atom is 0.150 e. The third-order valence-electron chi connectivity index (χ3n) is 4.43. The standard InChI is InChI=1S/C13H25NO3S/c1-4-13(2,9-14)12(15)10-6-5-7-11(8-10)18(3,16)17/h10-11H,4-9,14H2,1-3H3. The van der Waals surface area contributed by atoms with Crippen LogP contribution in [0, 0.1) is 11.3 Å². The van der Waals surface area contributed by atoms with Crippen molar-refractivity contribution in [1.29, 1.82) is 0 Å². The van der Waals surface area contributed by atoms with Gasteiger partial charge in [0.05, 0.1) is 5.25 Å². The number of carbonyl (C=O) groups is 1. The van der Waals surface area contributed by atoms with Gasteiger partial charge in [-0.1, -0.05) is 20.3 Å². The Morgan fingerprint density at radius 3 is 2.44 bits per heavy atom. The molecular weight excluding hydrogens is 250 g/mol. The molecule has 3 atom stereocenters. The van der Waals surface area contributed by atoms with Crippen LogP contribution in [0.2, 0.25) is 0 Å². The number of nitrogens with two attached hydrogens (primary N) is 1. The molecule has 0 aromatic carbocycles. The Balaban J connectivity index is 2.82. The van der Waals surface area contributed by atoms with Gasteiger partial charge < -0.3 is 5.73 Å². The second-order valence-electron chi connectivity index (χ2n) is 5.80. The number of ketones is 1. The SMILES string of the molecule is CCC(C)(CN)C(=O)C1CCCC(S(C)(=O)=O)C1. The number of carbonyl (C=O) groups excluding carboxylic acids is 1. The van der Waals surface area contributed by atoms with Gasteiger partial charge in [-0.25, -0.2) is 8.42 Å². The van der Waals surface area contributed by atoms with Crippen molar-refractivity contribution < 1.29 is 13.2 Å². The van der Waals surface area contributed by atoms with Crippen LogP contribution in [0.1, 0.15) is 46.0 Å². The first-order chi connectivity index (χ1) is 8.24. The molecule has 1 aliphatic carbocycles. The smallest absolute Gasteiger partial charge is 0.150 e. The third kappa shape index (κ3) is 3.32. The number of hydrogen-bond donors (Lipinski definition) is 1. The highest BCUT2D eigenvalue weighted by Crippen LogP contribution is 2.35. The molecule has 1 rings (SSSR count). The zero-order valence-electron chi connectivity index (χ0n) is 11.6. The fourth-order valence-corrected chi connectivity index (χ4v) is 3.86. The van der Waals surface area contributed by atoms with Crippen molar-refractivity contribution in [3.05, 3.63) is 0 Å². The number of hydrogen-bond acceptors (Lipinski definition) is 4. The molecule has 0 saturated heterocycles. The highest BCUT2D eigenvalue weighted by molar-refractivity contribution is 7.91. The van der Waals surface area contributed by atoms with Crippen molar-refractivity contribution in [3.8, 4) is 0 Å². The van der Waals surface area contributed by atoms with E-state index >= 15 is 0 Å². The van der Waals surface area contributed by atoms with E-state index in [9.17, 15) is 13.2 Å². The number of sulfone groups is 1. The van der Waals surface area contributed by atoms with Crippen LogP contribution in [-0.4, -0.2) is 32.3 Å². The van der Waals surface area contributed by atoms with Gasteiger partial charge in [0.15, 0.2) is 0 Å². The van der Waals surface area contributed by atoms with E-state index in [1.165, 1.54) is 6.26 Å². The van der Waals surface area contributed by atoms with Crippen molar-refractivity contribution in [1.82, 2.24) is 0 Å². The summed E-state index contributed by atoms with van der Waals surface area (Å²) in [7, 11) is -3.03. The topological polar surface area (TPSA) is 77.2 Å². The molecule has 4 nitrogen and oxygen atoms in total. The molecule has 18 heavy (non-hydrogen) atoms. The van der Waals surface area contributed by atoms with Crippen LogP contribution in [0.4, 0.5) is 0 Å². The van der Waals surface area contributed by atoms with Crippen LogP contribution in [0.25, 0.3) is 0 Å². The maximum atomic E-state index is 12.5. The highest BCUT2D eigenvalue weighted by Gasteiger charge is 2.39. The van der Waals surface area contributed by atoms with Crippen LogP contribution in [-0.2, 0) is 14.6 Å². The summed E-state index contributed by atoms with van der Waals surface area (Å²) in [5, 5.41) is -0.348. The molecular formula is C13H25NO3S. The lowest BCUT2D eigenvalue weighted by molar-refractivity contribution is -0.132. The van der Waals surface area contributed by atoms with Crippen LogP contribution >= 0.6 is 0 Å². The molecule has 0 aromatic rings. The second-order valence-corrected chi connectivity index (χ2v) is 8.12. The van der Waals surface area contributed by atoms with E-state index in [0.717, 1.165) is 12.8 Å². The van der Waals surface area contributed by atoms with E-state index in [2.05, 4.69) is 0 Å². The van der Waals surface area contributed by atoms with E-state index < -0.39 is 15.3 Å². The summed E-state index contributed by atoms with van der Waals surface area (Å²) in [6, 6.07) is 0. The Hall–Kier alpha value is -0.420. The molecule has 0 spiro atoms. The molecule has 106 valence electrons. The molecule has 0 bridgehead atoms. The molecule has 0 radical (unpaired) electrons. The van der Waals surface area contributed by atoms with Gasteiger partial charge >= 0.3 is 0 Å². The van der Waals surface area contributed by atoms with E-state index in [-0.39, 0.29) is 17.0 Å². The molecule has 1 saturated carbocycles. The van der Waals surface area contributed by atoms with Crippen LogP contribution in [0.3, 0.4) is 0 Å². The van der Waals surface area contributed by atoms with Gasteiger partial charge in [0, 0.05) is 24.1 Å². The molecule has 3 unspecified atom stereocenters. The molecule has 0 amide bonds. The Bertz CT molecular complexity index is 398. The summed E-state index contributed by atoms with van der Waals surface area (Å²) < 4.78 is 23.2. The zero-order valence-corrected chi connectivity index (χ0v) is 12.4. The molecule has 0 heterocycles. The van der Waals surface area contributed by atoms with Gasteiger partial charge in [0.2, 0.25) is 0 Å². The van der Waals surface area contributed by atoms with E-state index in [1.807, 2.05) is 13.8 Å². The first-order valence-electron chi connectivity index (χ1n) is 6.68. The summed E-state index contributed by atoms with van der Waals surface area (Å²) >= 11 is 0.